The van der Waals surface area contributed by atoms with Gasteiger partial charge in [-0.3, -0.25) is 9.59 Å². The molecular weight excluding hydrogens is 715 g/mol. The lowest BCUT2D eigenvalue weighted by molar-refractivity contribution is 0.0502. The summed E-state index contributed by atoms with van der Waals surface area (Å²) < 4.78 is 16.5. The molecule has 1 atom stereocenters. The number of ether oxygens (including phenoxy) is 3. The lowest BCUT2D eigenvalue weighted by Gasteiger charge is -2.30. The predicted octanol–water partition coefficient (Wildman–Crippen LogP) is 7.83. The van der Waals surface area contributed by atoms with Crippen LogP contribution in [-0.2, 0) is 22.4 Å². The summed E-state index contributed by atoms with van der Waals surface area (Å²) >= 11 is 1.60. The molecule has 2 N–H and O–H groups in total. The van der Waals surface area contributed by atoms with Crippen molar-refractivity contribution in [3.63, 3.8) is 0 Å². The second-order valence-corrected chi connectivity index (χ2v) is 17.4. The molecule has 3 aliphatic rings. The molecule has 1 aliphatic carbocycles. The third-order valence-corrected chi connectivity index (χ3v) is 11.5. The number of Topliss-reactive ketones (excluding diaryl/α,β-unsaturated/α-hetero) is 1. The van der Waals surface area contributed by atoms with E-state index in [1.54, 1.807) is 23.3 Å². The number of aromatic nitrogens is 1. The third-order valence-electron chi connectivity index (χ3n) is 10.2. The van der Waals surface area contributed by atoms with Gasteiger partial charge in [0.1, 0.15) is 17.2 Å². The molecule has 7 rings (SSSR count). The van der Waals surface area contributed by atoms with E-state index in [9.17, 15) is 14.4 Å². The van der Waals surface area contributed by atoms with E-state index >= 15 is 0 Å². The normalized spacial score (nSPS) is 18.1. The molecule has 2 aromatic carbocycles. The molecule has 0 unspecified atom stereocenters. The van der Waals surface area contributed by atoms with Crippen LogP contribution in [0, 0.1) is 5.41 Å². The molecule has 0 spiro atoms. The Morgan fingerprint density at radius 1 is 1.00 bits per heavy atom. The largest absolute Gasteiger partial charge is 0.497 e. The Kier molecular flexibility index (Phi) is 10.9. The van der Waals surface area contributed by atoms with Gasteiger partial charge in [0.05, 0.1) is 41.9 Å². The van der Waals surface area contributed by atoms with Crippen molar-refractivity contribution in [1.29, 1.82) is 0 Å². The predicted molar refractivity (Wildman–Crippen MR) is 216 cm³/mol. The minimum atomic E-state index is -0.601. The van der Waals surface area contributed by atoms with Crippen molar-refractivity contribution in [2.45, 2.75) is 72.1 Å². The molecule has 2 saturated heterocycles. The Hall–Kier alpha value is -4.94. The second kappa shape index (κ2) is 15.7. The van der Waals surface area contributed by atoms with Crippen LogP contribution in [0.25, 0.3) is 22.4 Å². The summed E-state index contributed by atoms with van der Waals surface area (Å²) in [5, 5.41) is 7.56. The van der Waals surface area contributed by atoms with Crippen molar-refractivity contribution >= 4 is 39.9 Å². The molecule has 0 radical (unpaired) electrons. The van der Waals surface area contributed by atoms with E-state index in [4.69, 9.17) is 19.2 Å². The lowest BCUT2D eigenvalue weighted by Crippen LogP contribution is -2.41. The van der Waals surface area contributed by atoms with E-state index in [0.717, 1.165) is 63.0 Å². The zero-order valence-corrected chi connectivity index (χ0v) is 33.4. The van der Waals surface area contributed by atoms with Crippen molar-refractivity contribution < 1.29 is 28.6 Å². The third kappa shape index (κ3) is 8.97. The smallest absolute Gasteiger partial charge is 0.407 e. The van der Waals surface area contributed by atoms with Gasteiger partial charge in [0, 0.05) is 55.8 Å². The van der Waals surface area contributed by atoms with Crippen LogP contribution >= 0.6 is 11.3 Å². The van der Waals surface area contributed by atoms with Crippen LogP contribution in [0.4, 0.5) is 15.6 Å². The summed E-state index contributed by atoms with van der Waals surface area (Å²) in [5.41, 5.74) is 5.51. The second-order valence-electron chi connectivity index (χ2n) is 16.4. The zero-order chi connectivity index (χ0) is 38.9. The molecule has 2 aliphatic heterocycles. The van der Waals surface area contributed by atoms with Crippen molar-refractivity contribution in [2.24, 2.45) is 5.41 Å². The van der Waals surface area contributed by atoms with Crippen molar-refractivity contribution in [1.82, 2.24) is 15.2 Å². The number of anilines is 2. The number of hydrogen-bond acceptors (Lipinski definition) is 10. The minimum absolute atomic E-state index is 0.105. The van der Waals surface area contributed by atoms with Gasteiger partial charge in [0.25, 0.3) is 5.91 Å². The fourth-order valence-corrected chi connectivity index (χ4v) is 8.90. The van der Waals surface area contributed by atoms with Gasteiger partial charge in [0.15, 0.2) is 5.78 Å². The van der Waals surface area contributed by atoms with Gasteiger partial charge in [0.2, 0.25) is 0 Å². The fourth-order valence-electron chi connectivity index (χ4n) is 7.57. The van der Waals surface area contributed by atoms with Crippen molar-refractivity contribution in [3.8, 4) is 28.1 Å². The summed E-state index contributed by atoms with van der Waals surface area (Å²) in [6, 6.07) is 19.5. The number of pyridine rings is 1. The van der Waals surface area contributed by atoms with Crippen LogP contribution < -0.4 is 20.3 Å². The highest BCUT2D eigenvalue weighted by molar-refractivity contribution is 7.19. The summed E-state index contributed by atoms with van der Waals surface area (Å²) in [7, 11) is 1.65. The van der Waals surface area contributed by atoms with E-state index in [1.807, 2.05) is 69.3 Å². The number of thiophene rings is 1. The molecule has 11 nitrogen and oxygen atoms in total. The maximum atomic E-state index is 13.9. The monoisotopic (exact) mass is 765 g/mol. The highest BCUT2D eigenvalue weighted by Gasteiger charge is 2.37. The van der Waals surface area contributed by atoms with Crippen LogP contribution in [0.2, 0.25) is 0 Å². The van der Waals surface area contributed by atoms with Gasteiger partial charge in [-0.15, -0.1) is 11.3 Å². The highest BCUT2D eigenvalue weighted by atomic mass is 32.1. The van der Waals surface area contributed by atoms with Gasteiger partial charge in [-0.05, 0) is 92.1 Å². The van der Waals surface area contributed by atoms with Crippen LogP contribution in [-0.4, -0.2) is 85.8 Å². The Labute approximate surface area is 327 Å². The highest BCUT2D eigenvalue weighted by Crippen LogP contribution is 2.50. The average Bonchev–Trinajstić information content (AvgIpc) is 3.78. The molecule has 4 heterocycles. The molecule has 12 heteroatoms. The first-order valence-corrected chi connectivity index (χ1v) is 19.9. The number of morpholine rings is 1. The van der Waals surface area contributed by atoms with E-state index in [0.29, 0.717) is 62.8 Å². The Morgan fingerprint density at radius 3 is 2.49 bits per heavy atom. The van der Waals surface area contributed by atoms with Gasteiger partial charge < -0.3 is 34.6 Å². The topological polar surface area (TPSA) is 122 Å². The van der Waals surface area contributed by atoms with Crippen LogP contribution in [0.1, 0.15) is 78.6 Å². The number of methoxy groups -OCH3 is 1. The number of carbonyl (C=O) groups is 3. The van der Waals surface area contributed by atoms with Crippen molar-refractivity contribution in [3.05, 3.63) is 82.2 Å². The van der Waals surface area contributed by atoms with Gasteiger partial charge in [-0.2, -0.15) is 0 Å². The van der Waals surface area contributed by atoms with Crippen LogP contribution in [0.15, 0.2) is 60.7 Å². The SMILES string of the molecule is COc1ccc(CNc2cc(-c3c(N4CCOCC4)sc4c3CC(C)(C)CC4=O)cc(-c3cccc(C(=O)N4CC[C@@H](NC(=O)OC(C)(C)C)C4)c3)n2)cc1. The summed E-state index contributed by atoms with van der Waals surface area (Å²) in [6.45, 7) is 14.0. The average molecular weight is 766 g/mol. The number of likely N-dealkylation sites (tertiary alicyclic amines) is 1. The number of ketones is 1. The minimum Gasteiger partial charge on any atom is -0.497 e. The van der Waals surface area contributed by atoms with E-state index in [-0.39, 0.29) is 23.1 Å². The van der Waals surface area contributed by atoms with E-state index < -0.39 is 11.7 Å². The molecule has 0 bridgehead atoms. The first kappa shape index (κ1) is 38.3. The number of nitrogens with one attached hydrogen (secondary N) is 2. The standard InChI is InChI=1S/C43H51N5O6S/c1-42(2,3)54-41(51)45-31-14-15-48(26-31)39(50)29-9-7-8-28(20-29)34-21-30(22-36(46-34)44-25-27-10-12-32(52-6)13-11-27)37-33-23-43(4,5)24-35(49)38(33)55-40(37)47-16-18-53-19-17-47/h7-13,20-22,31H,14-19,23-26H2,1-6H3,(H,44,46)(H,45,51)/t31-/m1/s1. The molecule has 290 valence electrons. The number of hydrogen-bond donors (Lipinski definition) is 2. The van der Waals surface area contributed by atoms with Crippen LogP contribution in [0.3, 0.4) is 0 Å². The molecule has 2 aromatic heterocycles. The quantitative estimate of drug-likeness (QED) is 0.176. The first-order valence-electron chi connectivity index (χ1n) is 19.1. The van der Waals surface area contributed by atoms with Gasteiger partial charge in [-0.25, -0.2) is 9.78 Å². The zero-order valence-electron chi connectivity index (χ0n) is 32.6. The van der Waals surface area contributed by atoms with Gasteiger partial charge >= 0.3 is 6.09 Å². The molecule has 4 aromatic rings. The number of carbonyl (C=O) groups excluding carboxylic acids is 3. The summed E-state index contributed by atoms with van der Waals surface area (Å²) in [4.78, 5) is 50.0. The fraction of sp³-hybridized carbons (Fsp3) is 0.442. The van der Waals surface area contributed by atoms with E-state index in [2.05, 4.69) is 41.5 Å². The molecule has 2 fully saturated rings. The molecule has 0 saturated carbocycles. The maximum absolute atomic E-state index is 13.9. The number of rotatable bonds is 9. The van der Waals surface area contributed by atoms with Crippen molar-refractivity contribution in [2.75, 3.05) is 56.7 Å². The van der Waals surface area contributed by atoms with Crippen LogP contribution in [0.5, 0.6) is 5.75 Å². The maximum Gasteiger partial charge on any atom is 0.407 e. The Bertz CT molecular complexity index is 2060. The molecule has 55 heavy (non-hydrogen) atoms. The number of benzene rings is 2. The first-order chi connectivity index (χ1) is 26.2. The van der Waals surface area contributed by atoms with E-state index in [1.165, 1.54) is 0 Å². The van der Waals surface area contributed by atoms with Gasteiger partial charge in [-0.1, -0.05) is 38.1 Å². The lowest BCUT2D eigenvalue weighted by atomic mass is 9.75. The summed E-state index contributed by atoms with van der Waals surface area (Å²) in [6.07, 6.45) is 1.48. The Morgan fingerprint density at radius 2 is 1.76 bits per heavy atom. The molecule has 2 amide bonds. The summed E-state index contributed by atoms with van der Waals surface area (Å²) in [5.74, 6) is 1.57. The Balaban J connectivity index is 1.24. The number of nitrogens with zero attached hydrogens (tertiary/aromatic N) is 3. The number of amides is 2. The molecular formula is C43H51N5O6S. The number of alkyl carbamates (subject to hydrolysis) is 1. The number of fused-ring (bicyclic) bond motifs is 1.